The Morgan fingerprint density at radius 1 is 1.12 bits per heavy atom. The number of hydrogen-bond acceptors (Lipinski definition) is 5. The number of phenolic OH excluding ortho intramolecular Hbond substituents is 1. The van der Waals surface area contributed by atoms with Crippen molar-refractivity contribution < 1.29 is 14.3 Å². The van der Waals surface area contributed by atoms with Gasteiger partial charge in [0.2, 0.25) is 0 Å². The molecule has 2 aromatic carbocycles. The van der Waals surface area contributed by atoms with Crippen molar-refractivity contribution in [1.29, 1.82) is 0 Å². The number of thiocarbonyl (C=S) groups is 1. The van der Waals surface area contributed by atoms with Crippen LogP contribution in [-0.2, 0) is 0 Å². The van der Waals surface area contributed by atoms with Gasteiger partial charge >= 0.3 is 0 Å². The summed E-state index contributed by atoms with van der Waals surface area (Å²) in [6.07, 6.45) is 1.74. The van der Waals surface area contributed by atoms with Crippen LogP contribution >= 0.6 is 23.8 Å². The van der Waals surface area contributed by atoms with Crippen molar-refractivity contribution in [3.05, 3.63) is 95.5 Å². The molecule has 2 aromatic heterocycles. The molecule has 1 saturated heterocycles. The largest absolute Gasteiger partial charge is 0.506 e. The molecular formula is C26H22ClN3O3S. The van der Waals surface area contributed by atoms with E-state index in [1.54, 1.807) is 24.4 Å². The fourth-order valence-electron chi connectivity index (χ4n) is 4.14. The quantitative estimate of drug-likeness (QED) is 0.308. The lowest BCUT2D eigenvalue weighted by Gasteiger charge is -2.26. The van der Waals surface area contributed by atoms with Crippen LogP contribution in [0, 0.1) is 0 Å². The molecular weight excluding hydrogens is 470 g/mol. The van der Waals surface area contributed by atoms with Gasteiger partial charge in [0.25, 0.3) is 0 Å². The van der Waals surface area contributed by atoms with E-state index >= 15 is 0 Å². The molecule has 4 aromatic rings. The number of halogens is 1. The molecule has 8 heteroatoms. The third-order valence-electron chi connectivity index (χ3n) is 5.66. The van der Waals surface area contributed by atoms with Crippen molar-refractivity contribution in [2.75, 3.05) is 11.5 Å². The summed E-state index contributed by atoms with van der Waals surface area (Å²) >= 11 is 12.0. The third kappa shape index (κ3) is 4.20. The molecule has 2 atom stereocenters. The summed E-state index contributed by atoms with van der Waals surface area (Å²) in [5.74, 6) is 2.26. The van der Waals surface area contributed by atoms with Crippen LogP contribution in [-0.4, -0.2) is 21.8 Å². The number of phenols is 1. The Labute approximate surface area is 207 Å². The van der Waals surface area contributed by atoms with Crippen LogP contribution < -0.4 is 15.0 Å². The number of nitrogens with one attached hydrogen (secondary N) is 1. The summed E-state index contributed by atoms with van der Waals surface area (Å²) in [5, 5.41) is 14.9. The van der Waals surface area contributed by atoms with E-state index in [2.05, 4.69) is 10.3 Å². The van der Waals surface area contributed by atoms with Gasteiger partial charge in [0.05, 0.1) is 24.0 Å². The molecule has 5 rings (SSSR count). The normalized spacial score (nSPS) is 17.6. The number of ether oxygens (including phenoxy) is 1. The number of anilines is 1. The predicted molar refractivity (Wildman–Crippen MR) is 136 cm³/mol. The van der Waals surface area contributed by atoms with E-state index in [0.717, 1.165) is 17.0 Å². The second-order valence-corrected chi connectivity index (χ2v) is 8.61. The fourth-order valence-corrected chi connectivity index (χ4v) is 4.65. The third-order valence-corrected chi connectivity index (χ3v) is 6.21. The van der Waals surface area contributed by atoms with Crippen molar-refractivity contribution in [2.24, 2.45) is 0 Å². The number of aromatic hydroxyl groups is 1. The summed E-state index contributed by atoms with van der Waals surface area (Å²) in [5.41, 5.74) is 2.22. The smallest absolute Gasteiger partial charge is 0.174 e. The maximum absolute atomic E-state index is 10.6. The van der Waals surface area contributed by atoms with Crippen LogP contribution in [0.2, 0.25) is 5.02 Å². The number of benzene rings is 2. The van der Waals surface area contributed by atoms with E-state index in [4.69, 9.17) is 33.0 Å². The zero-order valence-electron chi connectivity index (χ0n) is 18.3. The molecule has 2 unspecified atom stereocenters. The van der Waals surface area contributed by atoms with Gasteiger partial charge in [-0.1, -0.05) is 17.7 Å². The SMILES string of the molecule is CCOc1ccc(-c2ccc(C3C(c4ccccn4)NC(=S)N3c3cc(Cl)ccc3O)o2)cc1. The van der Waals surface area contributed by atoms with E-state index in [1.807, 2.05) is 66.4 Å². The Hall–Kier alpha value is -3.55. The molecule has 34 heavy (non-hydrogen) atoms. The number of pyridine rings is 1. The Kier molecular flexibility index (Phi) is 6.13. The molecule has 2 N–H and O–H groups in total. The van der Waals surface area contributed by atoms with Gasteiger partial charge in [-0.05, 0) is 85.9 Å². The van der Waals surface area contributed by atoms with Crippen LogP contribution in [0.1, 0.15) is 30.5 Å². The molecule has 6 nitrogen and oxygen atoms in total. The van der Waals surface area contributed by atoms with Gasteiger partial charge in [-0.2, -0.15) is 0 Å². The van der Waals surface area contributed by atoms with Crippen molar-refractivity contribution in [3.63, 3.8) is 0 Å². The van der Waals surface area contributed by atoms with Gasteiger partial charge < -0.3 is 24.5 Å². The van der Waals surface area contributed by atoms with Gasteiger partial charge in [0, 0.05) is 16.8 Å². The molecule has 0 bridgehead atoms. The minimum Gasteiger partial charge on any atom is -0.506 e. The van der Waals surface area contributed by atoms with Gasteiger partial charge in [-0.15, -0.1) is 0 Å². The number of nitrogens with zero attached hydrogens (tertiary/aromatic N) is 2. The van der Waals surface area contributed by atoms with Crippen LogP contribution in [0.3, 0.4) is 0 Å². The van der Waals surface area contributed by atoms with Crippen LogP contribution in [0.15, 0.2) is 83.4 Å². The molecule has 1 fully saturated rings. The van der Waals surface area contributed by atoms with Gasteiger partial charge in [-0.3, -0.25) is 4.98 Å². The minimum absolute atomic E-state index is 0.0681. The zero-order chi connectivity index (χ0) is 23.7. The Morgan fingerprint density at radius 2 is 1.94 bits per heavy atom. The second-order valence-electron chi connectivity index (χ2n) is 7.79. The highest BCUT2D eigenvalue weighted by molar-refractivity contribution is 7.80. The van der Waals surface area contributed by atoms with Crippen molar-refractivity contribution >= 4 is 34.6 Å². The van der Waals surface area contributed by atoms with Crippen LogP contribution in [0.4, 0.5) is 5.69 Å². The molecule has 3 heterocycles. The van der Waals surface area contributed by atoms with Crippen molar-refractivity contribution in [3.8, 4) is 22.8 Å². The molecule has 0 amide bonds. The maximum atomic E-state index is 10.6. The Bertz CT molecular complexity index is 1310. The molecule has 172 valence electrons. The van der Waals surface area contributed by atoms with Crippen molar-refractivity contribution in [2.45, 2.75) is 19.0 Å². The van der Waals surface area contributed by atoms with E-state index in [9.17, 15) is 5.11 Å². The first-order valence-corrected chi connectivity index (χ1v) is 11.7. The number of furan rings is 1. The molecule has 1 aliphatic rings. The Balaban J connectivity index is 1.57. The van der Waals surface area contributed by atoms with Crippen molar-refractivity contribution in [1.82, 2.24) is 10.3 Å². The lowest BCUT2D eigenvalue weighted by molar-refractivity contribution is 0.340. The average molecular weight is 492 g/mol. The minimum atomic E-state index is -0.400. The summed E-state index contributed by atoms with van der Waals surface area (Å²) in [4.78, 5) is 6.37. The first-order chi connectivity index (χ1) is 16.5. The van der Waals surface area contributed by atoms with E-state index in [0.29, 0.717) is 33.9 Å². The first kappa shape index (κ1) is 22.3. The molecule has 0 radical (unpaired) electrons. The highest BCUT2D eigenvalue weighted by Gasteiger charge is 2.43. The number of rotatable bonds is 6. The number of hydrogen-bond donors (Lipinski definition) is 2. The highest BCUT2D eigenvalue weighted by atomic mass is 35.5. The van der Waals surface area contributed by atoms with E-state index in [-0.39, 0.29) is 11.8 Å². The van der Waals surface area contributed by atoms with Gasteiger partial charge in [0.1, 0.15) is 29.1 Å². The van der Waals surface area contributed by atoms with Crippen LogP contribution in [0.25, 0.3) is 11.3 Å². The number of aromatic nitrogens is 1. The average Bonchev–Trinajstić information content (AvgIpc) is 3.46. The van der Waals surface area contributed by atoms with Gasteiger partial charge in [0.15, 0.2) is 5.11 Å². The molecule has 0 saturated carbocycles. The monoisotopic (exact) mass is 491 g/mol. The van der Waals surface area contributed by atoms with E-state index < -0.39 is 6.04 Å². The standard InChI is InChI=1S/C26H22ClN3O3S/c1-2-32-18-9-6-16(7-10-18)22-12-13-23(33-22)25-24(19-5-3-4-14-28-19)29-26(34)30(25)20-15-17(27)8-11-21(20)31/h3-15,24-25,31H,2H2,1H3,(H,29,34). The zero-order valence-corrected chi connectivity index (χ0v) is 19.9. The molecule has 0 aliphatic carbocycles. The van der Waals surface area contributed by atoms with E-state index in [1.165, 1.54) is 0 Å². The predicted octanol–water partition coefficient (Wildman–Crippen LogP) is 6.28. The molecule has 1 aliphatic heterocycles. The Morgan fingerprint density at radius 3 is 2.68 bits per heavy atom. The maximum Gasteiger partial charge on any atom is 0.174 e. The molecule has 0 spiro atoms. The summed E-state index contributed by atoms with van der Waals surface area (Å²) in [6, 6.07) is 21.5. The second kappa shape index (κ2) is 9.37. The lowest BCUT2D eigenvalue weighted by atomic mass is 10.0. The van der Waals surface area contributed by atoms with Gasteiger partial charge in [-0.25, -0.2) is 0 Å². The summed E-state index contributed by atoms with van der Waals surface area (Å²) in [6.45, 7) is 2.56. The lowest BCUT2D eigenvalue weighted by Crippen LogP contribution is -2.29. The first-order valence-electron chi connectivity index (χ1n) is 10.9. The van der Waals surface area contributed by atoms with Crippen LogP contribution in [0.5, 0.6) is 11.5 Å². The summed E-state index contributed by atoms with van der Waals surface area (Å²) in [7, 11) is 0. The topological polar surface area (TPSA) is 70.8 Å². The fraction of sp³-hybridized carbons (Fsp3) is 0.154. The highest BCUT2D eigenvalue weighted by Crippen LogP contribution is 2.45. The summed E-state index contributed by atoms with van der Waals surface area (Å²) < 4.78 is 11.9.